The second kappa shape index (κ2) is 7.51. The van der Waals surface area contributed by atoms with Gasteiger partial charge in [-0.15, -0.1) is 10.2 Å². The fourth-order valence-electron chi connectivity index (χ4n) is 1.72. The molecule has 0 saturated heterocycles. The van der Waals surface area contributed by atoms with Crippen LogP contribution >= 0.6 is 11.8 Å². The van der Waals surface area contributed by atoms with Crippen LogP contribution in [0.2, 0.25) is 0 Å². The number of non-ortho nitro benzene ring substituents is 1. The Morgan fingerprint density at radius 2 is 2.14 bits per heavy atom. The Hall–Kier alpha value is -2.48. The highest BCUT2D eigenvalue weighted by atomic mass is 32.2. The zero-order valence-corrected chi connectivity index (χ0v) is 12.7. The summed E-state index contributed by atoms with van der Waals surface area (Å²) in [7, 11) is 0. The Morgan fingerprint density at radius 1 is 1.32 bits per heavy atom. The number of benzene rings is 1. The molecular weight excluding hydrogens is 304 g/mol. The van der Waals surface area contributed by atoms with Gasteiger partial charge in [-0.3, -0.25) is 14.9 Å². The van der Waals surface area contributed by atoms with E-state index in [-0.39, 0.29) is 17.3 Å². The average Bonchev–Trinajstić information content (AvgIpc) is 2.54. The molecule has 7 nitrogen and oxygen atoms in total. The summed E-state index contributed by atoms with van der Waals surface area (Å²) in [6.45, 7) is 2.45. The molecule has 8 heteroatoms. The Bertz CT molecular complexity index is 676. The third-order valence-electron chi connectivity index (χ3n) is 2.72. The van der Waals surface area contributed by atoms with Crippen LogP contribution < -0.4 is 5.32 Å². The molecule has 0 fully saturated rings. The highest BCUT2D eigenvalue weighted by Gasteiger charge is 2.09. The first-order valence-electron chi connectivity index (χ1n) is 6.58. The van der Waals surface area contributed by atoms with E-state index in [1.54, 1.807) is 24.3 Å². The van der Waals surface area contributed by atoms with Crippen LogP contribution in [-0.2, 0) is 4.79 Å². The van der Waals surface area contributed by atoms with E-state index >= 15 is 0 Å². The summed E-state index contributed by atoms with van der Waals surface area (Å²) in [5.41, 5.74) is 1.18. The molecule has 0 aliphatic rings. The van der Waals surface area contributed by atoms with Gasteiger partial charge in [0.05, 0.1) is 16.4 Å². The molecule has 1 amide bonds. The van der Waals surface area contributed by atoms with E-state index in [1.807, 2.05) is 6.92 Å². The molecule has 0 aliphatic carbocycles. The number of aromatic nitrogens is 2. The summed E-state index contributed by atoms with van der Waals surface area (Å²) < 4.78 is 0. The van der Waals surface area contributed by atoms with Crippen molar-refractivity contribution in [1.82, 2.24) is 15.5 Å². The minimum atomic E-state index is -0.451. The van der Waals surface area contributed by atoms with Crippen LogP contribution in [0.25, 0.3) is 11.3 Å². The number of rotatable bonds is 6. The smallest absolute Gasteiger partial charge is 0.270 e. The van der Waals surface area contributed by atoms with Gasteiger partial charge in [0.15, 0.2) is 0 Å². The zero-order valence-electron chi connectivity index (χ0n) is 11.9. The van der Waals surface area contributed by atoms with Gasteiger partial charge in [0.25, 0.3) is 5.69 Å². The summed E-state index contributed by atoms with van der Waals surface area (Å²) in [5, 5.41) is 22.2. The lowest BCUT2D eigenvalue weighted by Crippen LogP contribution is -2.24. The highest BCUT2D eigenvalue weighted by Crippen LogP contribution is 2.23. The largest absolute Gasteiger partial charge is 0.356 e. The van der Waals surface area contributed by atoms with E-state index in [1.165, 1.54) is 23.9 Å². The first-order valence-corrected chi connectivity index (χ1v) is 7.56. The molecule has 0 atom stereocenters. The van der Waals surface area contributed by atoms with Gasteiger partial charge >= 0.3 is 0 Å². The first-order chi connectivity index (χ1) is 10.6. The Balaban J connectivity index is 2.07. The van der Waals surface area contributed by atoms with Crippen LogP contribution in [0.15, 0.2) is 41.4 Å². The van der Waals surface area contributed by atoms with Crippen molar-refractivity contribution in [2.75, 3.05) is 12.3 Å². The normalized spacial score (nSPS) is 10.2. The van der Waals surface area contributed by atoms with Gasteiger partial charge in [-0.05, 0) is 19.1 Å². The zero-order chi connectivity index (χ0) is 15.9. The van der Waals surface area contributed by atoms with Crippen LogP contribution in [0.5, 0.6) is 0 Å². The number of hydrogen-bond acceptors (Lipinski definition) is 6. The van der Waals surface area contributed by atoms with E-state index in [0.717, 1.165) is 0 Å². The molecule has 0 radical (unpaired) electrons. The molecule has 2 aromatic rings. The molecule has 1 aromatic carbocycles. The lowest BCUT2D eigenvalue weighted by molar-refractivity contribution is -0.384. The van der Waals surface area contributed by atoms with Crippen LogP contribution in [0, 0.1) is 10.1 Å². The third-order valence-corrected chi connectivity index (χ3v) is 3.64. The number of carbonyl (C=O) groups excluding carboxylic acids is 1. The van der Waals surface area contributed by atoms with Crippen molar-refractivity contribution in [3.8, 4) is 11.3 Å². The molecule has 2 rings (SSSR count). The Labute approximate surface area is 131 Å². The number of thioether (sulfide) groups is 1. The second-order valence-corrected chi connectivity index (χ2v) is 5.30. The average molecular weight is 318 g/mol. The van der Waals surface area contributed by atoms with Crippen molar-refractivity contribution < 1.29 is 9.72 Å². The lowest BCUT2D eigenvalue weighted by Gasteiger charge is -2.03. The van der Waals surface area contributed by atoms with E-state index in [2.05, 4.69) is 15.5 Å². The van der Waals surface area contributed by atoms with Crippen molar-refractivity contribution in [2.45, 2.75) is 11.9 Å². The SMILES string of the molecule is CCNC(=O)CSc1ccc(-c2cccc([N+](=O)[O-])c2)nn1. The molecule has 0 bridgehead atoms. The minimum absolute atomic E-state index is 0.00832. The molecule has 22 heavy (non-hydrogen) atoms. The summed E-state index contributed by atoms with van der Waals surface area (Å²) >= 11 is 1.29. The number of nitro benzene ring substituents is 1. The van der Waals surface area contributed by atoms with E-state index in [9.17, 15) is 14.9 Å². The maximum Gasteiger partial charge on any atom is 0.270 e. The molecule has 0 spiro atoms. The van der Waals surface area contributed by atoms with Crippen molar-refractivity contribution in [3.63, 3.8) is 0 Å². The van der Waals surface area contributed by atoms with Gasteiger partial charge in [-0.25, -0.2) is 0 Å². The summed E-state index contributed by atoms with van der Waals surface area (Å²) in [4.78, 5) is 21.7. The van der Waals surface area contributed by atoms with Crippen molar-refractivity contribution in [1.29, 1.82) is 0 Å². The lowest BCUT2D eigenvalue weighted by atomic mass is 10.1. The van der Waals surface area contributed by atoms with E-state index < -0.39 is 4.92 Å². The second-order valence-electron chi connectivity index (χ2n) is 4.31. The first kappa shape index (κ1) is 15.9. The number of nitro groups is 1. The van der Waals surface area contributed by atoms with Crippen LogP contribution in [0.3, 0.4) is 0 Å². The fraction of sp³-hybridized carbons (Fsp3) is 0.214. The van der Waals surface area contributed by atoms with Gasteiger partial charge in [-0.1, -0.05) is 23.9 Å². The molecule has 1 heterocycles. The number of carbonyl (C=O) groups is 1. The molecule has 0 aliphatic heterocycles. The number of nitrogens with zero attached hydrogens (tertiary/aromatic N) is 3. The maximum atomic E-state index is 11.4. The predicted molar refractivity (Wildman–Crippen MR) is 83.5 cm³/mol. The Kier molecular flexibility index (Phi) is 5.42. The van der Waals surface area contributed by atoms with Gasteiger partial charge in [0.2, 0.25) is 5.91 Å². The summed E-state index contributed by atoms with van der Waals surface area (Å²) in [6.07, 6.45) is 0. The molecular formula is C14H14N4O3S. The fourth-order valence-corrected chi connectivity index (χ4v) is 2.36. The topological polar surface area (TPSA) is 98.0 Å². The van der Waals surface area contributed by atoms with Crippen molar-refractivity contribution in [2.24, 2.45) is 0 Å². The molecule has 1 N–H and O–H groups in total. The van der Waals surface area contributed by atoms with Crippen LogP contribution in [0.4, 0.5) is 5.69 Å². The van der Waals surface area contributed by atoms with Crippen molar-refractivity contribution >= 4 is 23.4 Å². The monoisotopic (exact) mass is 318 g/mol. The van der Waals surface area contributed by atoms with Crippen molar-refractivity contribution in [3.05, 3.63) is 46.5 Å². The standard InChI is InChI=1S/C14H14N4O3S/c1-2-15-13(19)9-22-14-7-6-12(16-17-14)10-4-3-5-11(8-10)18(20)21/h3-8H,2,9H2,1H3,(H,15,19). The Morgan fingerprint density at radius 3 is 2.77 bits per heavy atom. The van der Waals surface area contributed by atoms with Gasteiger partial charge < -0.3 is 5.32 Å². The van der Waals surface area contributed by atoms with Gasteiger partial charge in [0, 0.05) is 24.2 Å². The number of amides is 1. The maximum absolute atomic E-state index is 11.4. The molecule has 114 valence electrons. The van der Waals surface area contributed by atoms with Crippen LogP contribution in [-0.4, -0.2) is 33.3 Å². The number of nitrogens with one attached hydrogen (secondary N) is 1. The molecule has 1 aromatic heterocycles. The highest BCUT2D eigenvalue weighted by molar-refractivity contribution is 7.99. The van der Waals surface area contributed by atoms with E-state index in [0.29, 0.717) is 22.8 Å². The van der Waals surface area contributed by atoms with Crippen LogP contribution in [0.1, 0.15) is 6.92 Å². The molecule has 0 unspecified atom stereocenters. The number of hydrogen-bond donors (Lipinski definition) is 1. The molecule has 0 saturated carbocycles. The predicted octanol–water partition coefficient (Wildman–Crippen LogP) is 2.28. The third kappa shape index (κ3) is 4.26. The van der Waals surface area contributed by atoms with Gasteiger partial charge in [0.1, 0.15) is 5.03 Å². The van der Waals surface area contributed by atoms with Gasteiger partial charge in [-0.2, -0.15) is 0 Å². The van der Waals surface area contributed by atoms with E-state index in [4.69, 9.17) is 0 Å². The minimum Gasteiger partial charge on any atom is -0.356 e. The summed E-state index contributed by atoms with van der Waals surface area (Å²) in [6, 6.07) is 9.68. The quantitative estimate of drug-likeness (QED) is 0.498. The summed E-state index contributed by atoms with van der Waals surface area (Å²) in [5.74, 6) is 0.218.